The van der Waals surface area contributed by atoms with Gasteiger partial charge in [0.05, 0.1) is 17.6 Å². The van der Waals surface area contributed by atoms with Crippen LogP contribution in [0.4, 0.5) is 5.69 Å². The second kappa shape index (κ2) is 9.23. The number of unbranched alkanes of at least 4 members (excludes halogenated alkanes) is 2. The van der Waals surface area contributed by atoms with Crippen LogP contribution in [-0.4, -0.2) is 28.9 Å². The van der Waals surface area contributed by atoms with Gasteiger partial charge in [0.2, 0.25) is 0 Å². The number of carboxylic acids is 1. The second-order valence-electron chi connectivity index (χ2n) is 4.58. The lowest BCUT2D eigenvalue weighted by molar-refractivity contribution is -0.385. The Balaban J connectivity index is 2.49. The summed E-state index contributed by atoms with van der Waals surface area (Å²) >= 11 is 1.59. The number of nitrogens with zero attached hydrogens (tertiary/aromatic N) is 1. The highest BCUT2D eigenvalue weighted by atomic mass is 32.2. The molecule has 0 fully saturated rings. The van der Waals surface area contributed by atoms with Crippen molar-refractivity contribution in [2.75, 3.05) is 12.9 Å². The van der Waals surface area contributed by atoms with Crippen LogP contribution in [0.2, 0.25) is 0 Å². The molecular formula is C14H19NO5S. The first-order valence-electron chi connectivity index (χ1n) is 6.65. The van der Waals surface area contributed by atoms with Crippen molar-refractivity contribution in [3.63, 3.8) is 0 Å². The summed E-state index contributed by atoms with van der Waals surface area (Å²) in [5.74, 6) is 0.388. The summed E-state index contributed by atoms with van der Waals surface area (Å²) < 4.78 is 5.53. The van der Waals surface area contributed by atoms with E-state index in [1.807, 2.05) is 6.26 Å². The Morgan fingerprint density at radius 3 is 2.71 bits per heavy atom. The van der Waals surface area contributed by atoms with Crippen LogP contribution in [0.3, 0.4) is 0 Å². The zero-order valence-corrected chi connectivity index (χ0v) is 12.7. The van der Waals surface area contributed by atoms with Gasteiger partial charge in [-0.25, -0.2) is 0 Å². The fourth-order valence-electron chi connectivity index (χ4n) is 1.83. The quantitative estimate of drug-likeness (QED) is 0.404. The molecule has 1 rings (SSSR count). The predicted octanol–water partition coefficient (Wildman–Crippen LogP) is 3.48. The first kappa shape index (κ1) is 17.3. The van der Waals surface area contributed by atoms with Gasteiger partial charge in [0.1, 0.15) is 5.75 Å². The first-order chi connectivity index (χ1) is 10.0. The molecule has 0 saturated carbocycles. The Morgan fingerprint density at radius 1 is 1.33 bits per heavy atom. The van der Waals surface area contributed by atoms with Gasteiger partial charge in [-0.05, 0) is 37.1 Å². The van der Waals surface area contributed by atoms with E-state index in [-0.39, 0.29) is 12.1 Å². The molecule has 7 heteroatoms. The average Bonchev–Trinajstić information content (AvgIpc) is 2.42. The lowest BCUT2D eigenvalue weighted by Crippen LogP contribution is -2.00. The Labute approximate surface area is 127 Å². The van der Waals surface area contributed by atoms with Crippen molar-refractivity contribution in [3.05, 3.63) is 33.9 Å². The largest absolute Gasteiger partial charge is 0.493 e. The third kappa shape index (κ3) is 6.99. The van der Waals surface area contributed by atoms with Crippen molar-refractivity contribution in [1.82, 2.24) is 0 Å². The number of hydrogen-bond donors (Lipinski definition) is 1. The number of benzene rings is 1. The number of carboxylic acid groups (broad SMARTS) is 1. The molecule has 0 spiro atoms. The first-order valence-corrected chi connectivity index (χ1v) is 8.04. The highest BCUT2D eigenvalue weighted by Gasteiger charge is 2.10. The third-order valence-corrected chi connectivity index (χ3v) is 3.40. The average molecular weight is 313 g/mol. The maximum Gasteiger partial charge on any atom is 0.303 e. The Bertz CT molecular complexity index is 492. The summed E-state index contributed by atoms with van der Waals surface area (Å²) in [6.45, 7) is 0.430. The number of thioether (sulfide) groups is 1. The number of ether oxygens (including phenoxy) is 1. The van der Waals surface area contributed by atoms with Gasteiger partial charge >= 0.3 is 5.97 Å². The highest BCUT2D eigenvalue weighted by Crippen LogP contribution is 2.25. The van der Waals surface area contributed by atoms with Gasteiger partial charge in [0.15, 0.2) is 0 Å². The van der Waals surface area contributed by atoms with Crippen molar-refractivity contribution in [1.29, 1.82) is 0 Å². The van der Waals surface area contributed by atoms with E-state index in [4.69, 9.17) is 9.84 Å². The number of rotatable bonds is 10. The fourth-order valence-corrected chi connectivity index (χ4v) is 2.33. The Kier molecular flexibility index (Phi) is 7.60. The number of carbonyl (C=O) groups is 1. The van der Waals surface area contributed by atoms with Crippen LogP contribution in [0, 0.1) is 10.1 Å². The molecule has 0 saturated heterocycles. The SMILES string of the molecule is CSCc1cc(OCCCCCC(=O)O)cc([N+](=O)[O-])c1. The lowest BCUT2D eigenvalue weighted by Gasteiger charge is -2.08. The van der Waals surface area contributed by atoms with Gasteiger partial charge in [0.25, 0.3) is 5.69 Å². The molecule has 0 amide bonds. The van der Waals surface area contributed by atoms with Gasteiger partial charge in [-0.15, -0.1) is 0 Å². The Hall–Kier alpha value is -1.76. The minimum absolute atomic E-state index is 0.0300. The van der Waals surface area contributed by atoms with Gasteiger partial charge in [0, 0.05) is 18.2 Å². The van der Waals surface area contributed by atoms with Crippen LogP contribution in [0.5, 0.6) is 5.75 Å². The lowest BCUT2D eigenvalue weighted by atomic mass is 10.2. The normalized spacial score (nSPS) is 10.3. The number of aliphatic carboxylic acids is 1. The predicted molar refractivity (Wildman–Crippen MR) is 81.9 cm³/mol. The molecule has 0 aliphatic heterocycles. The highest BCUT2D eigenvalue weighted by molar-refractivity contribution is 7.97. The fraction of sp³-hybridized carbons (Fsp3) is 0.500. The molecule has 0 unspecified atom stereocenters. The number of nitro groups is 1. The van der Waals surface area contributed by atoms with Crippen LogP contribution >= 0.6 is 11.8 Å². The molecule has 0 aromatic heterocycles. The van der Waals surface area contributed by atoms with Gasteiger partial charge < -0.3 is 9.84 Å². The van der Waals surface area contributed by atoms with E-state index in [1.54, 1.807) is 23.9 Å². The smallest absolute Gasteiger partial charge is 0.303 e. The van der Waals surface area contributed by atoms with E-state index >= 15 is 0 Å². The maximum atomic E-state index is 10.9. The van der Waals surface area contributed by atoms with Crippen LogP contribution in [0.25, 0.3) is 0 Å². The maximum absolute atomic E-state index is 10.9. The summed E-state index contributed by atoms with van der Waals surface area (Å²) in [7, 11) is 0. The summed E-state index contributed by atoms with van der Waals surface area (Å²) in [6.07, 6.45) is 4.20. The topological polar surface area (TPSA) is 89.7 Å². The summed E-state index contributed by atoms with van der Waals surface area (Å²) in [5.41, 5.74) is 0.889. The molecule has 116 valence electrons. The third-order valence-electron chi connectivity index (χ3n) is 2.78. The Morgan fingerprint density at radius 2 is 2.10 bits per heavy atom. The molecule has 0 bridgehead atoms. The zero-order valence-electron chi connectivity index (χ0n) is 11.9. The van der Waals surface area contributed by atoms with E-state index in [0.29, 0.717) is 24.5 Å². The summed E-state index contributed by atoms with van der Waals surface area (Å²) in [4.78, 5) is 20.8. The molecule has 0 aliphatic rings. The van der Waals surface area contributed by atoms with Gasteiger partial charge in [-0.3, -0.25) is 14.9 Å². The summed E-state index contributed by atoms with van der Waals surface area (Å²) in [5, 5.41) is 19.4. The molecule has 0 atom stereocenters. The van der Waals surface area contributed by atoms with Crippen molar-refractivity contribution in [2.24, 2.45) is 0 Å². The van der Waals surface area contributed by atoms with Crippen molar-refractivity contribution < 1.29 is 19.6 Å². The van der Waals surface area contributed by atoms with Crippen LogP contribution < -0.4 is 4.74 Å². The van der Waals surface area contributed by atoms with E-state index in [9.17, 15) is 14.9 Å². The molecule has 21 heavy (non-hydrogen) atoms. The molecule has 0 heterocycles. The number of non-ortho nitro benzene ring substituents is 1. The van der Waals surface area contributed by atoms with Gasteiger partial charge in [-0.1, -0.05) is 0 Å². The standard InChI is InChI=1S/C14H19NO5S/c1-21-10-11-7-12(15(18)19)9-13(8-11)20-6-4-2-3-5-14(16)17/h7-9H,2-6,10H2,1H3,(H,16,17). The molecule has 1 N–H and O–H groups in total. The van der Waals surface area contributed by atoms with Crippen molar-refractivity contribution >= 4 is 23.4 Å². The molecule has 0 radical (unpaired) electrons. The van der Waals surface area contributed by atoms with E-state index in [2.05, 4.69) is 0 Å². The van der Waals surface area contributed by atoms with E-state index in [1.165, 1.54) is 6.07 Å². The van der Waals surface area contributed by atoms with Crippen molar-refractivity contribution in [2.45, 2.75) is 31.4 Å². The number of hydrogen-bond acceptors (Lipinski definition) is 5. The van der Waals surface area contributed by atoms with Crippen molar-refractivity contribution in [3.8, 4) is 5.75 Å². The zero-order chi connectivity index (χ0) is 15.7. The van der Waals surface area contributed by atoms with E-state index < -0.39 is 10.9 Å². The molecule has 1 aromatic rings. The van der Waals surface area contributed by atoms with Crippen LogP contribution in [0.15, 0.2) is 18.2 Å². The summed E-state index contributed by atoms with van der Waals surface area (Å²) in [6, 6.07) is 4.78. The molecule has 0 aliphatic carbocycles. The van der Waals surface area contributed by atoms with Gasteiger partial charge in [-0.2, -0.15) is 11.8 Å². The van der Waals surface area contributed by atoms with Crippen LogP contribution in [-0.2, 0) is 10.5 Å². The molecule has 6 nitrogen and oxygen atoms in total. The minimum Gasteiger partial charge on any atom is -0.493 e. The monoisotopic (exact) mass is 313 g/mol. The second-order valence-corrected chi connectivity index (χ2v) is 5.44. The van der Waals surface area contributed by atoms with E-state index in [0.717, 1.165) is 18.4 Å². The molecule has 1 aromatic carbocycles. The minimum atomic E-state index is -0.795. The van der Waals surface area contributed by atoms with Crippen LogP contribution in [0.1, 0.15) is 31.2 Å². The molecular weight excluding hydrogens is 294 g/mol. The number of nitro benzene ring substituents is 1.